The molecule has 0 heterocycles. The van der Waals surface area contributed by atoms with Gasteiger partial charge in [-0.05, 0) is 59.4 Å². The highest BCUT2D eigenvalue weighted by molar-refractivity contribution is 6.01. The van der Waals surface area contributed by atoms with Crippen molar-refractivity contribution < 1.29 is 57.9 Å². The summed E-state index contributed by atoms with van der Waals surface area (Å²) in [4.78, 5) is 59.6. The first-order valence-electron chi connectivity index (χ1n) is 17.1. The molecule has 1 amide bonds. The molecule has 286 valence electrons. The molecule has 13 heteroatoms. The van der Waals surface area contributed by atoms with Gasteiger partial charge in [-0.15, -0.1) is 0 Å². The maximum Gasteiger partial charge on any atom is 0.357 e. The lowest BCUT2D eigenvalue weighted by atomic mass is 10.1. The Morgan fingerprint density at radius 2 is 1.11 bits per heavy atom. The second kappa shape index (κ2) is 23.4. The molecule has 0 fully saturated rings. The molecule has 13 nitrogen and oxygen atoms in total. The van der Waals surface area contributed by atoms with Crippen LogP contribution in [0.4, 0.5) is 0 Å². The number of likely N-dealkylation sites (N-methyl/N-ethyl adjacent to an activating group) is 1. The molecule has 0 aromatic heterocycles. The van der Waals surface area contributed by atoms with Crippen molar-refractivity contribution in [2.45, 2.75) is 45.0 Å². The number of rotatable bonds is 19. The number of benzene rings is 4. The van der Waals surface area contributed by atoms with Gasteiger partial charge in [0.15, 0.2) is 6.61 Å². The van der Waals surface area contributed by atoms with Crippen molar-refractivity contribution in [2.24, 2.45) is 0 Å². The molecule has 1 atom stereocenters. The molecule has 0 aliphatic heterocycles. The minimum atomic E-state index is -1.47. The van der Waals surface area contributed by atoms with Crippen LogP contribution < -0.4 is 9.47 Å². The number of carboxylic acid groups (broad SMARTS) is 1. The Hall–Kier alpha value is -6.21. The predicted molar refractivity (Wildman–Crippen MR) is 196 cm³/mol. The number of aliphatic carboxylic acids is 1. The molecule has 0 saturated heterocycles. The fourth-order valence-electron chi connectivity index (χ4n) is 4.65. The van der Waals surface area contributed by atoms with E-state index in [0.717, 1.165) is 29.4 Å². The number of methoxy groups -OCH3 is 1. The highest BCUT2D eigenvalue weighted by atomic mass is 16.6. The van der Waals surface area contributed by atoms with E-state index < -0.39 is 23.9 Å². The molecule has 0 bridgehead atoms. The van der Waals surface area contributed by atoms with Crippen molar-refractivity contribution in [3.8, 4) is 11.5 Å². The third-order valence-electron chi connectivity index (χ3n) is 7.64. The van der Waals surface area contributed by atoms with Crippen molar-refractivity contribution in [1.29, 1.82) is 0 Å². The number of hydrogen-bond donors (Lipinski definition) is 2. The number of hydrogen-bond acceptors (Lipinski definition) is 11. The molecule has 4 aromatic rings. The lowest BCUT2D eigenvalue weighted by Gasteiger charge is -2.22. The Bertz CT molecular complexity index is 1750. The first-order valence-corrected chi connectivity index (χ1v) is 17.1. The average molecular weight is 744 g/mol. The van der Waals surface area contributed by atoms with Gasteiger partial charge in [-0.25, -0.2) is 9.59 Å². The van der Waals surface area contributed by atoms with Gasteiger partial charge in [0.05, 0.1) is 13.7 Å². The number of aliphatic hydroxyl groups is 1. The number of carbonyl (C=O) groups is 5. The molecule has 0 spiro atoms. The van der Waals surface area contributed by atoms with Gasteiger partial charge in [0.25, 0.3) is 12.0 Å². The first kappa shape index (κ1) is 42.2. The Labute approximate surface area is 314 Å². The Morgan fingerprint density at radius 1 is 0.648 bits per heavy atom. The number of amides is 1. The van der Waals surface area contributed by atoms with Crippen molar-refractivity contribution in [1.82, 2.24) is 4.90 Å². The van der Waals surface area contributed by atoms with Crippen molar-refractivity contribution >= 4 is 29.8 Å². The number of aryl methyl sites for hydroxylation is 2. The van der Waals surface area contributed by atoms with Crippen molar-refractivity contribution in [3.63, 3.8) is 0 Å². The summed E-state index contributed by atoms with van der Waals surface area (Å²) < 4.78 is 25.7. The number of carboxylic acids is 1. The largest absolute Gasteiger partial charge is 0.482 e. The van der Waals surface area contributed by atoms with E-state index in [0.29, 0.717) is 30.8 Å². The quantitative estimate of drug-likeness (QED) is 0.0780. The van der Waals surface area contributed by atoms with Crippen LogP contribution in [0, 0.1) is 0 Å². The lowest BCUT2D eigenvalue weighted by molar-refractivity contribution is -0.158. The summed E-state index contributed by atoms with van der Waals surface area (Å²) in [6.45, 7) is -0.0272. The fraction of sp³-hybridized carbons (Fsp3) is 0.293. The van der Waals surface area contributed by atoms with Crippen LogP contribution in [-0.4, -0.2) is 84.9 Å². The molecule has 4 rings (SSSR count). The minimum absolute atomic E-state index is 0.0645. The van der Waals surface area contributed by atoms with Gasteiger partial charge in [0.2, 0.25) is 0 Å². The van der Waals surface area contributed by atoms with Crippen molar-refractivity contribution in [3.05, 3.63) is 131 Å². The van der Waals surface area contributed by atoms with Gasteiger partial charge in [-0.3, -0.25) is 14.4 Å². The van der Waals surface area contributed by atoms with Crippen LogP contribution in [0.15, 0.2) is 109 Å². The maximum absolute atomic E-state index is 12.4. The SMILES string of the molecule is COC(=O)C(Oc1ccc(CCC(=O)OCc2ccccc2)cc1)C(=O)N(C)CCO.O=C(O)COc1ccc(CCC(=O)OCc2ccccc2)cc1. The second-order valence-corrected chi connectivity index (χ2v) is 11.8. The minimum Gasteiger partial charge on any atom is -0.482 e. The first-order chi connectivity index (χ1) is 26.1. The molecule has 4 aromatic carbocycles. The molecule has 0 aliphatic rings. The summed E-state index contributed by atoms with van der Waals surface area (Å²) in [5, 5.41) is 17.5. The summed E-state index contributed by atoms with van der Waals surface area (Å²) in [5.41, 5.74) is 3.73. The number of carbonyl (C=O) groups excluding carboxylic acids is 4. The van der Waals surface area contributed by atoms with Crippen LogP contribution in [0.5, 0.6) is 11.5 Å². The Kier molecular flexibility index (Phi) is 18.3. The third kappa shape index (κ3) is 16.0. The van der Waals surface area contributed by atoms with E-state index in [1.807, 2.05) is 72.8 Å². The molecule has 54 heavy (non-hydrogen) atoms. The van der Waals surface area contributed by atoms with E-state index >= 15 is 0 Å². The van der Waals surface area contributed by atoms with Gasteiger partial charge in [0.1, 0.15) is 24.7 Å². The summed E-state index contributed by atoms with van der Waals surface area (Å²) >= 11 is 0. The third-order valence-corrected chi connectivity index (χ3v) is 7.64. The molecule has 2 N–H and O–H groups in total. The smallest absolute Gasteiger partial charge is 0.357 e. The van der Waals surface area contributed by atoms with Gasteiger partial charge in [-0.1, -0.05) is 84.9 Å². The van der Waals surface area contributed by atoms with E-state index in [1.165, 1.54) is 11.9 Å². The predicted octanol–water partition coefficient (Wildman–Crippen LogP) is 4.56. The summed E-state index contributed by atoms with van der Waals surface area (Å²) in [6, 6.07) is 32.7. The van der Waals surface area contributed by atoms with E-state index in [-0.39, 0.29) is 51.3 Å². The molecule has 1 unspecified atom stereocenters. The average Bonchev–Trinajstić information content (AvgIpc) is 3.20. The normalized spacial score (nSPS) is 10.8. The topological polar surface area (TPSA) is 175 Å². The lowest BCUT2D eigenvalue weighted by Crippen LogP contribution is -2.46. The second-order valence-electron chi connectivity index (χ2n) is 11.8. The summed E-state index contributed by atoms with van der Waals surface area (Å²) in [6.07, 6.45) is 0.0874. The van der Waals surface area contributed by atoms with E-state index in [2.05, 4.69) is 4.74 Å². The van der Waals surface area contributed by atoms with E-state index in [1.54, 1.807) is 36.4 Å². The van der Waals surface area contributed by atoms with Crippen LogP contribution >= 0.6 is 0 Å². The molecule has 0 radical (unpaired) electrons. The standard InChI is InChI=1S/C23H27NO7.C18H18O5/c1-24(14-15-25)22(27)21(23(28)29-2)31-19-11-8-17(9-12-19)10-13-20(26)30-16-18-6-4-3-5-7-18;19-17(20)13-22-16-9-6-14(7-10-16)8-11-18(21)23-12-15-4-2-1-3-5-15/h3-9,11-12,21,25H,10,13-16H2,1-2H3;1-7,9-10H,8,11-13H2,(H,19,20). The highest BCUT2D eigenvalue weighted by Crippen LogP contribution is 2.17. The fourth-order valence-corrected chi connectivity index (χ4v) is 4.65. The van der Waals surface area contributed by atoms with Gasteiger partial charge < -0.3 is 38.8 Å². The van der Waals surface area contributed by atoms with E-state index in [9.17, 15) is 24.0 Å². The zero-order valence-electron chi connectivity index (χ0n) is 30.3. The Morgan fingerprint density at radius 3 is 1.54 bits per heavy atom. The Balaban J connectivity index is 0.000000303. The molecule has 0 aliphatic carbocycles. The molecule has 0 saturated carbocycles. The summed E-state index contributed by atoms with van der Waals surface area (Å²) in [5.74, 6) is -2.23. The van der Waals surface area contributed by atoms with Gasteiger partial charge in [0, 0.05) is 26.4 Å². The van der Waals surface area contributed by atoms with E-state index in [4.69, 9.17) is 29.2 Å². The highest BCUT2D eigenvalue weighted by Gasteiger charge is 2.32. The zero-order chi connectivity index (χ0) is 39.1. The number of esters is 3. The molecular formula is C41H45NO12. The number of aliphatic hydroxyl groups excluding tert-OH is 1. The van der Waals surface area contributed by atoms with Crippen LogP contribution in [0.2, 0.25) is 0 Å². The zero-order valence-corrected chi connectivity index (χ0v) is 30.3. The summed E-state index contributed by atoms with van der Waals surface area (Å²) in [7, 11) is 2.62. The van der Waals surface area contributed by atoms with Crippen LogP contribution in [-0.2, 0) is 64.2 Å². The number of nitrogens with zero attached hydrogens (tertiary/aromatic N) is 1. The van der Waals surface area contributed by atoms with Gasteiger partial charge in [-0.2, -0.15) is 0 Å². The van der Waals surface area contributed by atoms with Crippen LogP contribution in [0.25, 0.3) is 0 Å². The monoisotopic (exact) mass is 743 g/mol. The van der Waals surface area contributed by atoms with Crippen LogP contribution in [0.3, 0.4) is 0 Å². The van der Waals surface area contributed by atoms with Crippen LogP contribution in [0.1, 0.15) is 35.1 Å². The number of ether oxygens (including phenoxy) is 5. The maximum atomic E-state index is 12.4. The van der Waals surface area contributed by atoms with Gasteiger partial charge >= 0.3 is 23.9 Å². The van der Waals surface area contributed by atoms with Crippen molar-refractivity contribution in [2.75, 3.05) is 33.9 Å². The molecular weight excluding hydrogens is 698 g/mol.